The van der Waals surface area contributed by atoms with Crippen molar-refractivity contribution in [2.24, 2.45) is 5.18 Å². The van der Waals surface area contributed by atoms with Gasteiger partial charge in [0, 0.05) is 0 Å². The zero-order valence-electron chi connectivity index (χ0n) is 10.8. The Hall–Kier alpha value is -1.79. The average molecular weight is 265 g/mol. The zero-order chi connectivity index (χ0) is 13.9. The number of ether oxygens (including phenoxy) is 3. The van der Waals surface area contributed by atoms with Gasteiger partial charge in [0.1, 0.15) is 13.2 Å². The molecular formula is C13H15NO5. The SMILES string of the molecule is CC1(C)OCC(N=O)(OC(=O)c2ccccc2)CO1. The van der Waals surface area contributed by atoms with Gasteiger partial charge >= 0.3 is 5.97 Å². The van der Waals surface area contributed by atoms with E-state index in [0.717, 1.165) is 0 Å². The Kier molecular flexibility index (Phi) is 3.64. The average Bonchev–Trinajstić information content (AvgIpc) is 2.42. The summed E-state index contributed by atoms with van der Waals surface area (Å²) >= 11 is 0. The second kappa shape index (κ2) is 5.07. The number of carbonyl (C=O) groups is 1. The standard InChI is InChI=1S/C13H15NO5/c1-12(2)17-8-13(14-16,9-18-12)19-11(15)10-6-4-3-5-7-10/h3-7H,8-9H2,1-2H3. The van der Waals surface area contributed by atoms with Crippen LogP contribution in [0, 0.1) is 4.91 Å². The molecule has 1 aliphatic heterocycles. The maximum absolute atomic E-state index is 11.9. The highest BCUT2D eigenvalue weighted by Crippen LogP contribution is 2.27. The molecule has 0 amide bonds. The third-order valence-corrected chi connectivity index (χ3v) is 2.75. The van der Waals surface area contributed by atoms with Gasteiger partial charge in [-0.3, -0.25) is 0 Å². The minimum absolute atomic E-state index is 0.123. The summed E-state index contributed by atoms with van der Waals surface area (Å²) < 4.78 is 15.8. The number of nitrogens with zero attached hydrogens (tertiary/aromatic N) is 1. The van der Waals surface area contributed by atoms with E-state index in [2.05, 4.69) is 5.18 Å². The Morgan fingerprint density at radius 2 is 1.79 bits per heavy atom. The molecule has 1 aliphatic rings. The van der Waals surface area contributed by atoms with E-state index in [4.69, 9.17) is 14.2 Å². The molecule has 6 nitrogen and oxygen atoms in total. The lowest BCUT2D eigenvalue weighted by molar-refractivity contribution is -0.298. The number of rotatable bonds is 3. The molecule has 2 rings (SSSR count). The van der Waals surface area contributed by atoms with Crippen molar-refractivity contribution in [3.63, 3.8) is 0 Å². The molecule has 6 heteroatoms. The fourth-order valence-electron chi connectivity index (χ4n) is 1.59. The molecule has 0 saturated carbocycles. The minimum atomic E-state index is -1.62. The van der Waals surface area contributed by atoms with Crippen molar-refractivity contribution in [2.75, 3.05) is 13.2 Å². The van der Waals surface area contributed by atoms with E-state index in [0.29, 0.717) is 5.56 Å². The zero-order valence-corrected chi connectivity index (χ0v) is 10.8. The van der Waals surface area contributed by atoms with Gasteiger partial charge in [-0.05, 0) is 31.2 Å². The van der Waals surface area contributed by atoms with Crippen LogP contribution in [0.25, 0.3) is 0 Å². The van der Waals surface area contributed by atoms with Crippen molar-refractivity contribution >= 4 is 5.97 Å². The van der Waals surface area contributed by atoms with Gasteiger partial charge in [0.05, 0.1) is 5.56 Å². The maximum atomic E-state index is 11.9. The summed E-state index contributed by atoms with van der Waals surface area (Å²) in [6.45, 7) is 3.17. The molecule has 0 spiro atoms. The van der Waals surface area contributed by atoms with Gasteiger partial charge in [-0.2, -0.15) is 0 Å². The minimum Gasteiger partial charge on any atom is -0.425 e. The van der Waals surface area contributed by atoms with Crippen LogP contribution in [0.5, 0.6) is 0 Å². The number of nitroso groups, excluding NO2 is 1. The molecule has 0 atom stereocenters. The van der Waals surface area contributed by atoms with Gasteiger partial charge in [0.15, 0.2) is 5.79 Å². The number of hydrogen-bond donors (Lipinski definition) is 0. The first-order chi connectivity index (χ1) is 8.96. The van der Waals surface area contributed by atoms with E-state index < -0.39 is 17.5 Å². The normalized spacial score (nSPS) is 20.5. The quantitative estimate of drug-likeness (QED) is 0.618. The molecule has 0 aromatic heterocycles. The highest BCUT2D eigenvalue weighted by molar-refractivity contribution is 5.89. The maximum Gasteiger partial charge on any atom is 0.340 e. The molecule has 102 valence electrons. The molecule has 0 unspecified atom stereocenters. The summed E-state index contributed by atoms with van der Waals surface area (Å²) in [5.41, 5.74) is -1.28. The van der Waals surface area contributed by atoms with Crippen LogP contribution >= 0.6 is 0 Å². The third kappa shape index (κ3) is 3.15. The number of hydrogen-bond acceptors (Lipinski definition) is 6. The molecule has 1 saturated heterocycles. The number of esters is 1. The molecule has 0 N–H and O–H groups in total. The highest BCUT2D eigenvalue weighted by Gasteiger charge is 2.45. The van der Waals surface area contributed by atoms with Crippen LogP contribution in [0.15, 0.2) is 35.5 Å². The van der Waals surface area contributed by atoms with Gasteiger partial charge in [-0.15, -0.1) is 4.91 Å². The molecule has 1 fully saturated rings. The van der Waals surface area contributed by atoms with Crippen LogP contribution < -0.4 is 0 Å². The fraction of sp³-hybridized carbons (Fsp3) is 0.462. The Bertz CT molecular complexity index is 461. The molecule has 0 radical (unpaired) electrons. The smallest absolute Gasteiger partial charge is 0.340 e. The first-order valence-electron chi connectivity index (χ1n) is 5.87. The van der Waals surface area contributed by atoms with E-state index in [1.54, 1.807) is 44.2 Å². The molecule has 0 aliphatic carbocycles. The summed E-state index contributed by atoms with van der Waals surface area (Å²) in [6, 6.07) is 8.37. The lowest BCUT2D eigenvalue weighted by atomic mass is 10.2. The van der Waals surface area contributed by atoms with Gasteiger partial charge in [0.25, 0.3) is 5.72 Å². The predicted octanol–water partition coefficient (Wildman–Crippen LogP) is 2.09. The first-order valence-corrected chi connectivity index (χ1v) is 5.87. The van der Waals surface area contributed by atoms with Crippen molar-refractivity contribution in [1.29, 1.82) is 0 Å². The van der Waals surface area contributed by atoms with Crippen LogP contribution in [-0.4, -0.2) is 30.7 Å². The van der Waals surface area contributed by atoms with Crippen molar-refractivity contribution in [2.45, 2.75) is 25.4 Å². The van der Waals surface area contributed by atoms with E-state index in [1.807, 2.05) is 0 Å². The third-order valence-electron chi connectivity index (χ3n) is 2.75. The van der Waals surface area contributed by atoms with Crippen molar-refractivity contribution in [3.8, 4) is 0 Å². The summed E-state index contributed by atoms with van der Waals surface area (Å²) in [5, 5.41) is 2.87. The lowest BCUT2D eigenvalue weighted by Crippen LogP contribution is -2.52. The van der Waals surface area contributed by atoms with Crippen molar-refractivity contribution < 1.29 is 19.0 Å². The van der Waals surface area contributed by atoms with E-state index in [-0.39, 0.29) is 13.2 Å². The van der Waals surface area contributed by atoms with Crippen LogP contribution in [0.4, 0.5) is 0 Å². The number of carbonyl (C=O) groups excluding carboxylic acids is 1. The fourth-order valence-corrected chi connectivity index (χ4v) is 1.59. The lowest BCUT2D eigenvalue weighted by Gasteiger charge is -2.38. The summed E-state index contributed by atoms with van der Waals surface area (Å²) in [7, 11) is 0. The van der Waals surface area contributed by atoms with Crippen LogP contribution in [0.2, 0.25) is 0 Å². The molecular weight excluding hydrogens is 250 g/mol. The second-order valence-corrected chi connectivity index (χ2v) is 4.77. The number of benzene rings is 1. The summed E-state index contributed by atoms with van der Waals surface area (Å²) in [6.07, 6.45) is 0. The van der Waals surface area contributed by atoms with E-state index in [1.165, 1.54) is 0 Å². The van der Waals surface area contributed by atoms with E-state index >= 15 is 0 Å². The van der Waals surface area contributed by atoms with Crippen molar-refractivity contribution in [1.82, 2.24) is 0 Å². The first kappa shape index (κ1) is 13.6. The molecule has 1 heterocycles. The van der Waals surface area contributed by atoms with E-state index in [9.17, 15) is 9.70 Å². The predicted molar refractivity (Wildman–Crippen MR) is 66.4 cm³/mol. The molecule has 1 aromatic carbocycles. The Balaban J connectivity index is 2.08. The Morgan fingerprint density at radius 1 is 1.21 bits per heavy atom. The largest absolute Gasteiger partial charge is 0.425 e. The van der Waals surface area contributed by atoms with Gasteiger partial charge < -0.3 is 14.2 Å². The summed E-state index contributed by atoms with van der Waals surface area (Å²) in [4.78, 5) is 22.9. The van der Waals surface area contributed by atoms with Gasteiger partial charge in [0.2, 0.25) is 0 Å². The summed E-state index contributed by atoms with van der Waals surface area (Å²) in [5.74, 6) is -1.44. The molecule has 0 bridgehead atoms. The van der Waals surface area contributed by atoms with Crippen molar-refractivity contribution in [3.05, 3.63) is 40.8 Å². The van der Waals surface area contributed by atoms with Gasteiger partial charge in [-0.25, -0.2) is 4.79 Å². The van der Waals surface area contributed by atoms with Crippen LogP contribution in [-0.2, 0) is 14.2 Å². The highest BCUT2D eigenvalue weighted by atomic mass is 16.7. The monoisotopic (exact) mass is 265 g/mol. The second-order valence-electron chi connectivity index (χ2n) is 4.77. The topological polar surface area (TPSA) is 74.2 Å². The Morgan fingerprint density at radius 3 is 2.32 bits per heavy atom. The van der Waals surface area contributed by atoms with Crippen LogP contribution in [0.3, 0.4) is 0 Å². The van der Waals surface area contributed by atoms with Crippen LogP contribution in [0.1, 0.15) is 24.2 Å². The van der Waals surface area contributed by atoms with Gasteiger partial charge in [-0.1, -0.05) is 18.2 Å². The Labute approximate surface area is 110 Å². The molecule has 1 aromatic rings. The molecule has 19 heavy (non-hydrogen) atoms.